The summed E-state index contributed by atoms with van der Waals surface area (Å²) in [4.78, 5) is 13.3. The maximum Gasteiger partial charge on any atom is 0.225 e. The number of benzene rings is 1. The van der Waals surface area contributed by atoms with Gasteiger partial charge in [0, 0.05) is 50.2 Å². The lowest BCUT2D eigenvalue weighted by atomic mass is 10.0. The topological polar surface area (TPSA) is 52.5 Å². The zero-order chi connectivity index (χ0) is 15.7. The van der Waals surface area contributed by atoms with E-state index >= 15 is 0 Å². The van der Waals surface area contributed by atoms with Crippen molar-refractivity contribution in [3.8, 4) is 11.1 Å². The smallest absolute Gasteiger partial charge is 0.225 e. The average Bonchev–Trinajstić information content (AvgIpc) is 2.94. The second-order valence-electron chi connectivity index (χ2n) is 5.97. The van der Waals surface area contributed by atoms with E-state index in [2.05, 4.69) is 27.0 Å². The summed E-state index contributed by atoms with van der Waals surface area (Å²) in [6, 6.07) is 8.27. The van der Waals surface area contributed by atoms with Gasteiger partial charge < -0.3 is 14.9 Å². The summed E-state index contributed by atoms with van der Waals surface area (Å²) in [6.07, 6.45) is 2.41. The van der Waals surface area contributed by atoms with E-state index in [0.717, 1.165) is 35.5 Å². The van der Waals surface area contributed by atoms with Crippen molar-refractivity contribution in [2.45, 2.75) is 19.4 Å². The van der Waals surface area contributed by atoms with Gasteiger partial charge in [-0.15, -0.1) is 0 Å². The van der Waals surface area contributed by atoms with E-state index in [-0.39, 0.29) is 6.10 Å². The zero-order valence-electron chi connectivity index (χ0n) is 13.3. The number of aliphatic hydroxyl groups excluding tert-OH is 1. The number of nitrogens with zero attached hydrogens (tertiary/aromatic N) is 4. The molecule has 1 N–H and O–H groups in total. The van der Waals surface area contributed by atoms with E-state index in [0.29, 0.717) is 12.5 Å². The molecule has 1 saturated heterocycles. The van der Waals surface area contributed by atoms with Gasteiger partial charge >= 0.3 is 0 Å². The van der Waals surface area contributed by atoms with Crippen LogP contribution in [-0.4, -0.2) is 48.4 Å². The Kier molecular flexibility index (Phi) is 3.98. The molecule has 3 rings (SSSR count). The fraction of sp³-hybridized carbons (Fsp3) is 0.412. The van der Waals surface area contributed by atoms with Crippen LogP contribution in [0, 0.1) is 6.92 Å². The first-order valence-electron chi connectivity index (χ1n) is 7.59. The van der Waals surface area contributed by atoms with Gasteiger partial charge in [-0.25, -0.2) is 9.97 Å². The number of anilines is 2. The Morgan fingerprint density at radius 1 is 1.23 bits per heavy atom. The van der Waals surface area contributed by atoms with Gasteiger partial charge in [-0.05, 0) is 19.4 Å². The van der Waals surface area contributed by atoms with E-state index in [1.165, 1.54) is 0 Å². The van der Waals surface area contributed by atoms with Crippen LogP contribution in [0.25, 0.3) is 11.1 Å². The van der Waals surface area contributed by atoms with Crippen LogP contribution < -0.4 is 9.80 Å². The standard InChI is InChI=1S/C17H22N4O/c1-12-15(14-6-4-5-7-16(14)20(2)3)10-18-17(19-12)21-9-8-13(22)11-21/h4-7,10,13,22H,8-9,11H2,1-3H3/t13-/m1/s1. The Morgan fingerprint density at radius 3 is 2.64 bits per heavy atom. The molecule has 1 aliphatic rings. The Labute approximate surface area is 131 Å². The van der Waals surface area contributed by atoms with Gasteiger partial charge in [0.1, 0.15) is 0 Å². The molecule has 0 radical (unpaired) electrons. The maximum atomic E-state index is 9.66. The van der Waals surface area contributed by atoms with Crippen LogP contribution in [0.3, 0.4) is 0 Å². The van der Waals surface area contributed by atoms with Crippen LogP contribution in [0.2, 0.25) is 0 Å². The number of hydrogen-bond donors (Lipinski definition) is 1. The molecule has 116 valence electrons. The Bertz CT molecular complexity index is 671. The van der Waals surface area contributed by atoms with Crippen molar-refractivity contribution < 1.29 is 5.11 Å². The monoisotopic (exact) mass is 298 g/mol. The summed E-state index contributed by atoms with van der Waals surface area (Å²) in [5.74, 6) is 0.708. The summed E-state index contributed by atoms with van der Waals surface area (Å²) < 4.78 is 0. The van der Waals surface area contributed by atoms with E-state index in [1.54, 1.807) is 0 Å². The van der Waals surface area contributed by atoms with Crippen LogP contribution in [0.1, 0.15) is 12.1 Å². The van der Waals surface area contributed by atoms with Crippen LogP contribution in [0.15, 0.2) is 30.5 Å². The van der Waals surface area contributed by atoms with Gasteiger partial charge in [-0.3, -0.25) is 0 Å². The van der Waals surface area contributed by atoms with Crippen molar-refractivity contribution in [3.63, 3.8) is 0 Å². The molecule has 0 bridgehead atoms. The second kappa shape index (κ2) is 5.93. The summed E-state index contributed by atoms with van der Waals surface area (Å²) in [7, 11) is 4.07. The molecule has 1 aromatic carbocycles. The molecule has 1 aromatic heterocycles. The Morgan fingerprint density at radius 2 is 2.00 bits per heavy atom. The van der Waals surface area contributed by atoms with Gasteiger partial charge in [-0.1, -0.05) is 18.2 Å². The molecule has 1 fully saturated rings. The quantitative estimate of drug-likeness (QED) is 0.940. The van der Waals surface area contributed by atoms with Gasteiger partial charge in [0.05, 0.1) is 11.8 Å². The number of β-amino-alcohol motifs (C(OH)–C–C–N with tert-alkyl or cyclic N) is 1. The third-order valence-electron chi connectivity index (χ3n) is 4.09. The molecular formula is C17H22N4O. The fourth-order valence-corrected chi connectivity index (χ4v) is 2.89. The van der Waals surface area contributed by atoms with Crippen molar-refractivity contribution in [3.05, 3.63) is 36.2 Å². The Balaban J connectivity index is 1.96. The van der Waals surface area contributed by atoms with Crippen molar-refractivity contribution >= 4 is 11.6 Å². The number of hydrogen-bond acceptors (Lipinski definition) is 5. The number of aromatic nitrogens is 2. The van der Waals surface area contributed by atoms with E-state index in [9.17, 15) is 5.11 Å². The molecule has 0 unspecified atom stereocenters. The van der Waals surface area contributed by atoms with E-state index in [4.69, 9.17) is 0 Å². The zero-order valence-corrected chi connectivity index (χ0v) is 13.3. The second-order valence-corrected chi connectivity index (χ2v) is 5.97. The lowest BCUT2D eigenvalue weighted by Gasteiger charge is -2.20. The van der Waals surface area contributed by atoms with E-state index < -0.39 is 0 Å². The molecule has 2 aromatic rings. The van der Waals surface area contributed by atoms with Crippen molar-refractivity contribution in [2.24, 2.45) is 0 Å². The summed E-state index contributed by atoms with van der Waals surface area (Å²) in [5.41, 5.74) is 4.30. The molecule has 5 nitrogen and oxygen atoms in total. The van der Waals surface area contributed by atoms with Crippen molar-refractivity contribution in [2.75, 3.05) is 37.0 Å². The molecule has 1 aliphatic heterocycles. The van der Waals surface area contributed by atoms with Gasteiger partial charge in [-0.2, -0.15) is 0 Å². The third-order valence-corrected chi connectivity index (χ3v) is 4.09. The van der Waals surface area contributed by atoms with Gasteiger partial charge in [0.15, 0.2) is 0 Å². The van der Waals surface area contributed by atoms with Crippen LogP contribution in [0.4, 0.5) is 11.6 Å². The summed E-state index contributed by atoms with van der Waals surface area (Å²) in [6.45, 7) is 3.45. The lowest BCUT2D eigenvalue weighted by molar-refractivity contribution is 0.198. The average molecular weight is 298 g/mol. The summed E-state index contributed by atoms with van der Waals surface area (Å²) >= 11 is 0. The highest BCUT2D eigenvalue weighted by molar-refractivity contribution is 5.79. The Hall–Kier alpha value is -2.14. The first kappa shape index (κ1) is 14.8. The lowest BCUT2D eigenvalue weighted by Crippen LogP contribution is -2.23. The predicted molar refractivity (Wildman–Crippen MR) is 89.4 cm³/mol. The van der Waals surface area contributed by atoms with Gasteiger partial charge in [0.2, 0.25) is 5.95 Å². The molecule has 0 aliphatic carbocycles. The molecular weight excluding hydrogens is 276 g/mol. The van der Waals surface area contributed by atoms with Crippen LogP contribution >= 0.6 is 0 Å². The predicted octanol–water partition coefficient (Wildman–Crippen LogP) is 2.09. The molecule has 0 saturated carbocycles. The van der Waals surface area contributed by atoms with Crippen molar-refractivity contribution in [1.82, 2.24) is 9.97 Å². The molecule has 22 heavy (non-hydrogen) atoms. The number of aryl methyl sites for hydroxylation is 1. The van der Waals surface area contributed by atoms with Gasteiger partial charge in [0.25, 0.3) is 0 Å². The highest BCUT2D eigenvalue weighted by atomic mass is 16.3. The number of para-hydroxylation sites is 1. The molecule has 0 amide bonds. The molecule has 0 spiro atoms. The summed E-state index contributed by atoms with van der Waals surface area (Å²) in [5, 5.41) is 9.66. The minimum atomic E-state index is -0.266. The highest BCUT2D eigenvalue weighted by Crippen LogP contribution is 2.31. The normalized spacial score (nSPS) is 17.8. The minimum absolute atomic E-state index is 0.266. The maximum absolute atomic E-state index is 9.66. The van der Waals surface area contributed by atoms with E-state index in [1.807, 2.05) is 44.2 Å². The van der Waals surface area contributed by atoms with Crippen LogP contribution in [0.5, 0.6) is 0 Å². The minimum Gasteiger partial charge on any atom is -0.391 e. The molecule has 5 heteroatoms. The van der Waals surface area contributed by atoms with Crippen LogP contribution in [-0.2, 0) is 0 Å². The third kappa shape index (κ3) is 2.76. The first-order chi connectivity index (χ1) is 10.6. The number of aliphatic hydroxyl groups is 1. The highest BCUT2D eigenvalue weighted by Gasteiger charge is 2.23. The first-order valence-corrected chi connectivity index (χ1v) is 7.59. The largest absolute Gasteiger partial charge is 0.391 e. The molecule has 2 heterocycles. The molecule has 1 atom stereocenters. The SMILES string of the molecule is Cc1nc(N2CC[C@@H](O)C2)ncc1-c1ccccc1N(C)C. The fourth-order valence-electron chi connectivity index (χ4n) is 2.89. The number of rotatable bonds is 3. The van der Waals surface area contributed by atoms with Crippen molar-refractivity contribution in [1.29, 1.82) is 0 Å².